The first-order valence-electron chi connectivity index (χ1n) is 9.62. The van der Waals surface area contributed by atoms with Crippen molar-refractivity contribution in [3.05, 3.63) is 63.6 Å². The van der Waals surface area contributed by atoms with Gasteiger partial charge in [0.05, 0.1) is 30.0 Å². The largest absolute Gasteiger partial charge is 0.465 e. The van der Waals surface area contributed by atoms with Crippen molar-refractivity contribution in [3.63, 3.8) is 0 Å². The molecule has 1 aliphatic rings. The zero-order valence-electron chi connectivity index (χ0n) is 16.8. The van der Waals surface area contributed by atoms with Crippen molar-refractivity contribution in [3.8, 4) is 0 Å². The summed E-state index contributed by atoms with van der Waals surface area (Å²) in [5.74, 6) is -1.83. The summed E-state index contributed by atoms with van der Waals surface area (Å²) in [4.78, 5) is 24.8. The second-order valence-corrected chi connectivity index (χ2v) is 9.96. The van der Waals surface area contributed by atoms with Gasteiger partial charge in [-0.05, 0) is 37.1 Å². The van der Waals surface area contributed by atoms with Gasteiger partial charge in [0, 0.05) is 28.7 Å². The summed E-state index contributed by atoms with van der Waals surface area (Å²) >= 11 is 12.3. The number of para-hydroxylation sites is 1. The lowest BCUT2D eigenvalue weighted by Gasteiger charge is -2.31. The number of ether oxygens (including phenoxy) is 1. The second-order valence-electron chi connectivity index (χ2n) is 7.18. The molecular formula is C21H22Cl2N2O5S. The summed E-state index contributed by atoms with van der Waals surface area (Å²) in [7, 11) is -2.48. The topological polar surface area (TPSA) is 92.8 Å². The molecule has 0 radical (unpaired) electrons. The molecule has 0 aromatic heterocycles. The Hall–Kier alpha value is -2.13. The molecule has 1 amide bonds. The van der Waals surface area contributed by atoms with Crippen LogP contribution in [-0.4, -0.2) is 44.8 Å². The first-order valence-corrected chi connectivity index (χ1v) is 12.0. The number of hydrogen-bond acceptors (Lipinski definition) is 5. The van der Waals surface area contributed by atoms with Gasteiger partial charge in [-0.2, -0.15) is 0 Å². The number of methoxy groups -OCH3 is 1. The van der Waals surface area contributed by atoms with Crippen LogP contribution in [0.15, 0.2) is 42.5 Å². The van der Waals surface area contributed by atoms with Crippen LogP contribution in [0.3, 0.4) is 0 Å². The zero-order valence-corrected chi connectivity index (χ0v) is 19.1. The number of piperidine rings is 1. The molecule has 166 valence electrons. The molecule has 1 aliphatic heterocycles. The van der Waals surface area contributed by atoms with E-state index < -0.39 is 21.9 Å². The van der Waals surface area contributed by atoms with E-state index in [1.54, 1.807) is 42.5 Å². The Kier molecular flexibility index (Phi) is 7.59. The second kappa shape index (κ2) is 9.99. The van der Waals surface area contributed by atoms with Gasteiger partial charge < -0.3 is 10.1 Å². The smallest absolute Gasteiger partial charge is 0.339 e. The minimum absolute atomic E-state index is 0.0383. The maximum absolute atomic E-state index is 13.0. The molecule has 0 saturated carbocycles. The van der Waals surface area contributed by atoms with E-state index in [9.17, 15) is 18.0 Å². The van der Waals surface area contributed by atoms with E-state index in [2.05, 4.69) is 5.32 Å². The highest BCUT2D eigenvalue weighted by Crippen LogP contribution is 2.29. The van der Waals surface area contributed by atoms with Crippen molar-refractivity contribution < 1.29 is 22.7 Å². The fourth-order valence-electron chi connectivity index (χ4n) is 3.47. The summed E-state index contributed by atoms with van der Waals surface area (Å²) in [6.07, 6.45) is 1.07. The first kappa shape index (κ1) is 23.5. The lowest BCUT2D eigenvalue weighted by molar-refractivity contribution is -0.120. The van der Waals surface area contributed by atoms with Gasteiger partial charge in [0.25, 0.3) is 0 Å². The Morgan fingerprint density at radius 1 is 1.13 bits per heavy atom. The van der Waals surface area contributed by atoms with Gasteiger partial charge >= 0.3 is 5.97 Å². The number of anilines is 1. The van der Waals surface area contributed by atoms with E-state index in [4.69, 9.17) is 27.9 Å². The Labute approximate surface area is 191 Å². The SMILES string of the molecule is COC(=O)c1ccccc1NC(=O)C1CCCN(S(=O)(=O)Cc2c(Cl)cccc2Cl)C1. The summed E-state index contributed by atoms with van der Waals surface area (Å²) in [6, 6.07) is 11.3. The molecule has 10 heteroatoms. The van der Waals surface area contributed by atoms with Crippen LogP contribution < -0.4 is 5.32 Å². The number of nitrogens with one attached hydrogen (secondary N) is 1. The summed E-state index contributed by atoms with van der Waals surface area (Å²) in [5, 5.41) is 3.29. The highest BCUT2D eigenvalue weighted by Gasteiger charge is 2.33. The number of benzene rings is 2. The Morgan fingerprint density at radius 3 is 2.48 bits per heavy atom. The number of halogens is 2. The molecule has 2 aromatic rings. The van der Waals surface area contributed by atoms with Crippen LogP contribution in [0.1, 0.15) is 28.8 Å². The third-order valence-electron chi connectivity index (χ3n) is 5.13. The van der Waals surface area contributed by atoms with E-state index in [1.165, 1.54) is 11.4 Å². The van der Waals surface area contributed by atoms with E-state index in [0.29, 0.717) is 30.6 Å². The van der Waals surface area contributed by atoms with Gasteiger partial charge in [0.1, 0.15) is 0 Å². The molecular weight excluding hydrogens is 463 g/mol. The number of nitrogens with zero attached hydrogens (tertiary/aromatic N) is 1. The molecule has 1 saturated heterocycles. The molecule has 7 nitrogen and oxygen atoms in total. The molecule has 31 heavy (non-hydrogen) atoms. The maximum atomic E-state index is 13.0. The summed E-state index contributed by atoms with van der Waals surface area (Å²) in [6.45, 7) is 0.351. The number of rotatable bonds is 6. The van der Waals surface area contributed by atoms with Crippen LogP contribution in [0.4, 0.5) is 5.69 Å². The molecule has 2 aromatic carbocycles. The standard InChI is InChI=1S/C21H22Cl2N2O5S/c1-30-21(27)15-7-2-3-10-19(15)24-20(26)14-6-5-11-25(12-14)31(28,29)13-16-17(22)8-4-9-18(16)23/h2-4,7-10,14H,5-6,11-13H2,1H3,(H,24,26). The molecule has 0 aliphatic carbocycles. The average molecular weight is 485 g/mol. The lowest BCUT2D eigenvalue weighted by atomic mass is 9.98. The van der Waals surface area contributed by atoms with Gasteiger partial charge in [0.2, 0.25) is 15.9 Å². The van der Waals surface area contributed by atoms with Crippen molar-refractivity contribution in [1.29, 1.82) is 0 Å². The molecule has 1 unspecified atom stereocenters. The van der Waals surface area contributed by atoms with E-state index in [-0.39, 0.29) is 33.8 Å². The highest BCUT2D eigenvalue weighted by molar-refractivity contribution is 7.88. The molecule has 1 atom stereocenters. The van der Waals surface area contributed by atoms with E-state index in [0.717, 1.165) is 0 Å². The minimum atomic E-state index is -3.74. The van der Waals surface area contributed by atoms with Crippen molar-refractivity contribution in [2.75, 3.05) is 25.5 Å². The predicted molar refractivity (Wildman–Crippen MR) is 120 cm³/mol. The monoisotopic (exact) mass is 484 g/mol. The zero-order chi connectivity index (χ0) is 22.6. The molecule has 3 rings (SSSR count). The van der Waals surface area contributed by atoms with Gasteiger partial charge in [0.15, 0.2) is 0 Å². The van der Waals surface area contributed by atoms with Crippen molar-refractivity contribution in [1.82, 2.24) is 4.31 Å². The Balaban J connectivity index is 1.73. The third-order valence-corrected chi connectivity index (χ3v) is 7.61. The van der Waals surface area contributed by atoms with Crippen LogP contribution in [0.2, 0.25) is 10.0 Å². The van der Waals surface area contributed by atoms with Crippen LogP contribution in [0.25, 0.3) is 0 Å². The number of amides is 1. The summed E-state index contributed by atoms with van der Waals surface area (Å²) in [5.41, 5.74) is 0.888. The van der Waals surface area contributed by atoms with Crippen molar-refractivity contribution in [2.24, 2.45) is 5.92 Å². The van der Waals surface area contributed by atoms with E-state index >= 15 is 0 Å². The Morgan fingerprint density at radius 2 is 1.81 bits per heavy atom. The van der Waals surface area contributed by atoms with Crippen LogP contribution in [0, 0.1) is 5.92 Å². The van der Waals surface area contributed by atoms with Crippen LogP contribution in [-0.2, 0) is 25.3 Å². The molecule has 1 fully saturated rings. The van der Waals surface area contributed by atoms with E-state index in [1.807, 2.05) is 0 Å². The number of carbonyl (C=O) groups is 2. The van der Waals surface area contributed by atoms with Crippen molar-refractivity contribution >= 4 is 50.8 Å². The van der Waals surface area contributed by atoms with Gasteiger partial charge in [-0.25, -0.2) is 17.5 Å². The van der Waals surface area contributed by atoms with Crippen LogP contribution >= 0.6 is 23.2 Å². The maximum Gasteiger partial charge on any atom is 0.339 e. The molecule has 1 heterocycles. The summed E-state index contributed by atoms with van der Waals surface area (Å²) < 4.78 is 32.0. The number of sulfonamides is 1. The third kappa shape index (κ3) is 5.57. The normalized spacial score (nSPS) is 17.2. The van der Waals surface area contributed by atoms with Gasteiger partial charge in [-0.3, -0.25) is 4.79 Å². The minimum Gasteiger partial charge on any atom is -0.465 e. The number of hydrogen-bond donors (Lipinski definition) is 1. The lowest BCUT2D eigenvalue weighted by Crippen LogP contribution is -2.44. The quantitative estimate of drug-likeness (QED) is 0.626. The Bertz CT molecular complexity index is 1070. The average Bonchev–Trinajstić information content (AvgIpc) is 2.76. The fourth-order valence-corrected chi connectivity index (χ4v) is 5.83. The highest BCUT2D eigenvalue weighted by atomic mass is 35.5. The molecule has 1 N–H and O–H groups in total. The fraction of sp³-hybridized carbons (Fsp3) is 0.333. The molecule has 0 spiro atoms. The number of carbonyl (C=O) groups excluding carboxylic acids is 2. The number of esters is 1. The first-order chi connectivity index (χ1) is 14.7. The predicted octanol–water partition coefficient (Wildman–Crippen LogP) is 3.96. The van der Waals surface area contributed by atoms with Gasteiger partial charge in [-0.15, -0.1) is 0 Å². The molecule has 0 bridgehead atoms. The van der Waals surface area contributed by atoms with Crippen LogP contribution in [0.5, 0.6) is 0 Å². The van der Waals surface area contributed by atoms with Crippen molar-refractivity contribution in [2.45, 2.75) is 18.6 Å². The van der Waals surface area contributed by atoms with Gasteiger partial charge in [-0.1, -0.05) is 41.4 Å².